The predicted octanol–water partition coefficient (Wildman–Crippen LogP) is -0.377. The minimum Gasteiger partial charge on any atom is -0.426 e. The van der Waals surface area contributed by atoms with E-state index < -0.39 is 24.4 Å². The highest BCUT2D eigenvalue weighted by Crippen LogP contribution is 2.39. The molecule has 1 atom stereocenters. The number of rotatable bonds is 10. The van der Waals surface area contributed by atoms with Crippen molar-refractivity contribution in [2.24, 2.45) is 11.1 Å². The van der Waals surface area contributed by atoms with Gasteiger partial charge in [0.15, 0.2) is 5.96 Å². The van der Waals surface area contributed by atoms with Crippen LogP contribution in [0.25, 0.3) is 0 Å². The summed E-state index contributed by atoms with van der Waals surface area (Å²) >= 11 is 0. The smallest absolute Gasteiger partial charge is 0.426 e. The highest BCUT2D eigenvalue weighted by Gasteiger charge is 2.48. The summed E-state index contributed by atoms with van der Waals surface area (Å²) in [5.41, 5.74) is 4.96. The molecule has 1 aliphatic rings. The molecule has 158 valence electrons. The first-order valence-corrected chi connectivity index (χ1v) is 9.92. The van der Waals surface area contributed by atoms with E-state index in [1.54, 1.807) is 0 Å². The predicted molar refractivity (Wildman–Crippen MR) is 110 cm³/mol. The quantitative estimate of drug-likeness (QED) is 0.0927. The molecule has 1 aromatic carbocycles. The normalized spacial score (nSPS) is 15.9. The van der Waals surface area contributed by atoms with Gasteiger partial charge in [-0.3, -0.25) is 15.0 Å². The van der Waals surface area contributed by atoms with E-state index in [-0.39, 0.29) is 18.3 Å². The van der Waals surface area contributed by atoms with Crippen molar-refractivity contribution in [1.29, 1.82) is 5.41 Å². The summed E-state index contributed by atoms with van der Waals surface area (Å²) in [6.07, 6.45) is 3.13. The van der Waals surface area contributed by atoms with E-state index in [1.165, 1.54) is 0 Å². The summed E-state index contributed by atoms with van der Waals surface area (Å²) in [6.45, 7) is 0.703. The van der Waals surface area contributed by atoms with Gasteiger partial charge in [0.1, 0.15) is 5.41 Å². The Hall–Kier alpha value is -2.59. The highest BCUT2D eigenvalue weighted by molar-refractivity contribution is 6.43. The largest absolute Gasteiger partial charge is 0.475 e. The molecule has 2 amide bonds. The minimum absolute atomic E-state index is 0.171. The Bertz CT molecular complexity index is 695. The second kappa shape index (κ2) is 10.8. The molecule has 9 nitrogen and oxygen atoms in total. The second-order valence-corrected chi connectivity index (χ2v) is 7.43. The molecule has 0 bridgehead atoms. The summed E-state index contributed by atoms with van der Waals surface area (Å²) in [5.74, 6) is -1.88. The lowest BCUT2D eigenvalue weighted by Crippen LogP contribution is -2.55. The Morgan fingerprint density at radius 3 is 2.38 bits per heavy atom. The van der Waals surface area contributed by atoms with Gasteiger partial charge in [-0.25, -0.2) is 0 Å². The molecule has 29 heavy (non-hydrogen) atoms. The molecule has 1 unspecified atom stereocenters. The topological polar surface area (TPSA) is 161 Å². The van der Waals surface area contributed by atoms with Gasteiger partial charge < -0.3 is 31.7 Å². The zero-order valence-corrected chi connectivity index (χ0v) is 16.5. The van der Waals surface area contributed by atoms with Crippen molar-refractivity contribution in [2.75, 3.05) is 6.54 Å². The Balaban J connectivity index is 1.98. The molecule has 0 aliphatic heterocycles. The Morgan fingerprint density at radius 1 is 1.14 bits per heavy atom. The maximum Gasteiger partial charge on any atom is 0.475 e. The second-order valence-electron chi connectivity index (χ2n) is 7.43. The van der Waals surface area contributed by atoms with Gasteiger partial charge >= 0.3 is 7.12 Å². The van der Waals surface area contributed by atoms with E-state index in [9.17, 15) is 19.6 Å². The Kier molecular flexibility index (Phi) is 8.47. The first-order chi connectivity index (χ1) is 13.8. The first kappa shape index (κ1) is 22.7. The standard InChI is InChI=1S/C19H30BN5O4/c21-18(22)23-12-6-9-15(20(28)29)25-17(27)19(10-4-5-11-19)16(26)24-13-14-7-2-1-3-8-14/h1-3,7-8,15,28-29H,4-6,9-13H2,(H,24,26)(H,25,27)(H4,21,22,23). The monoisotopic (exact) mass is 403 g/mol. The Labute approximate surface area is 171 Å². The van der Waals surface area contributed by atoms with E-state index in [2.05, 4.69) is 16.0 Å². The lowest BCUT2D eigenvalue weighted by atomic mass is 9.75. The van der Waals surface area contributed by atoms with Gasteiger partial charge in [0.05, 0.1) is 5.94 Å². The fourth-order valence-electron chi connectivity index (χ4n) is 3.63. The molecule has 0 radical (unpaired) electrons. The minimum atomic E-state index is -1.75. The maximum absolute atomic E-state index is 13.0. The van der Waals surface area contributed by atoms with E-state index in [0.29, 0.717) is 32.4 Å². The average Bonchev–Trinajstić information content (AvgIpc) is 3.20. The van der Waals surface area contributed by atoms with Gasteiger partial charge in [-0.15, -0.1) is 0 Å². The number of nitrogens with one attached hydrogen (secondary N) is 4. The molecule has 0 spiro atoms. The molecule has 10 heteroatoms. The van der Waals surface area contributed by atoms with Crippen LogP contribution >= 0.6 is 0 Å². The summed E-state index contributed by atoms with van der Waals surface area (Å²) in [4.78, 5) is 25.9. The number of hydrogen-bond donors (Lipinski definition) is 7. The van der Waals surface area contributed by atoms with E-state index in [0.717, 1.165) is 18.4 Å². The molecule has 1 fully saturated rings. The van der Waals surface area contributed by atoms with Crippen molar-refractivity contribution in [1.82, 2.24) is 16.0 Å². The van der Waals surface area contributed by atoms with Crippen LogP contribution in [0.3, 0.4) is 0 Å². The van der Waals surface area contributed by atoms with Crippen LogP contribution in [-0.4, -0.2) is 47.4 Å². The first-order valence-electron chi connectivity index (χ1n) is 9.92. The van der Waals surface area contributed by atoms with Crippen LogP contribution in [0.4, 0.5) is 0 Å². The van der Waals surface area contributed by atoms with Crippen LogP contribution in [0.1, 0.15) is 44.1 Å². The summed E-state index contributed by atoms with van der Waals surface area (Å²) in [5, 5.41) is 34.5. The number of nitrogens with two attached hydrogens (primary N) is 1. The van der Waals surface area contributed by atoms with Crippen molar-refractivity contribution in [3.8, 4) is 0 Å². The molecule has 1 aromatic rings. The van der Waals surface area contributed by atoms with E-state index in [4.69, 9.17) is 11.1 Å². The zero-order chi connectivity index (χ0) is 21.3. The molecule has 8 N–H and O–H groups in total. The van der Waals surface area contributed by atoms with Gasteiger partial charge in [-0.2, -0.15) is 0 Å². The van der Waals surface area contributed by atoms with Crippen molar-refractivity contribution in [3.63, 3.8) is 0 Å². The number of carbonyl (C=O) groups is 2. The van der Waals surface area contributed by atoms with Gasteiger partial charge in [-0.1, -0.05) is 43.2 Å². The maximum atomic E-state index is 13.0. The van der Waals surface area contributed by atoms with E-state index in [1.807, 2.05) is 30.3 Å². The summed E-state index contributed by atoms with van der Waals surface area (Å²) in [7, 11) is -1.75. The fraction of sp³-hybridized carbons (Fsp3) is 0.526. The van der Waals surface area contributed by atoms with Gasteiger partial charge in [0.25, 0.3) is 0 Å². The molecular weight excluding hydrogens is 373 g/mol. The van der Waals surface area contributed by atoms with Crippen LogP contribution in [0, 0.1) is 10.8 Å². The van der Waals surface area contributed by atoms with Gasteiger partial charge in [-0.05, 0) is 31.2 Å². The van der Waals surface area contributed by atoms with Crippen molar-refractivity contribution >= 4 is 24.9 Å². The lowest BCUT2D eigenvalue weighted by Gasteiger charge is -2.29. The molecule has 1 saturated carbocycles. The Morgan fingerprint density at radius 2 is 1.79 bits per heavy atom. The van der Waals surface area contributed by atoms with Crippen LogP contribution in [-0.2, 0) is 16.1 Å². The highest BCUT2D eigenvalue weighted by atomic mass is 16.4. The number of benzene rings is 1. The molecule has 0 saturated heterocycles. The van der Waals surface area contributed by atoms with Crippen molar-refractivity contribution < 1.29 is 19.6 Å². The lowest BCUT2D eigenvalue weighted by molar-refractivity contribution is -0.143. The number of hydrogen-bond acceptors (Lipinski definition) is 5. The SMILES string of the molecule is N=C(N)NCCCC(NC(=O)C1(C(=O)NCc2ccccc2)CCCC1)B(O)O. The number of guanidine groups is 1. The summed E-state index contributed by atoms with van der Waals surface area (Å²) in [6, 6.07) is 9.45. The van der Waals surface area contributed by atoms with Crippen LogP contribution in [0.15, 0.2) is 30.3 Å². The number of amides is 2. The van der Waals surface area contributed by atoms with Crippen molar-refractivity contribution in [3.05, 3.63) is 35.9 Å². The third-order valence-corrected chi connectivity index (χ3v) is 5.31. The average molecular weight is 403 g/mol. The van der Waals surface area contributed by atoms with Crippen LogP contribution in [0.5, 0.6) is 0 Å². The zero-order valence-electron chi connectivity index (χ0n) is 16.5. The van der Waals surface area contributed by atoms with Gasteiger partial charge in [0, 0.05) is 13.1 Å². The molecule has 0 heterocycles. The number of carbonyl (C=O) groups excluding carboxylic acids is 2. The summed E-state index contributed by atoms with van der Waals surface area (Å²) < 4.78 is 0. The molecule has 0 aromatic heterocycles. The third-order valence-electron chi connectivity index (χ3n) is 5.31. The molecule has 1 aliphatic carbocycles. The van der Waals surface area contributed by atoms with Crippen LogP contribution in [0.2, 0.25) is 0 Å². The van der Waals surface area contributed by atoms with E-state index >= 15 is 0 Å². The van der Waals surface area contributed by atoms with Gasteiger partial charge in [0.2, 0.25) is 11.8 Å². The fourth-order valence-corrected chi connectivity index (χ4v) is 3.63. The molecular formula is C19H30BN5O4. The third kappa shape index (κ3) is 6.47. The molecule has 2 rings (SSSR count). The van der Waals surface area contributed by atoms with Crippen molar-refractivity contribution in [2.45, 2.75) is 51.0 Å². The van der Waals surface area contributed by atoms with Crippen LogP contribution < -0.4 is 21.7 Å².